The molecular formula is C21H32ClN3O4. The van der Waals surface area contributed by atoms with Gasteiger partial charge in [0.1, 0.15) is 12.1 Å². The Kier molecular flexibility index (Phi) is 9.59. The van der Waals surface area contributed by atoms with Crippen LogP contribution in [0.3, 0.4) is 0 Å². The summed E-state index contributed by atoms with van der Waals surface area (Å²) in [6.07, 6.45) is 0.250. The summed E-state index contributed by atoms with van der Waals surface area (Å²) >= 11 is 5.93. The standard InChI is InChI=1S/C21H32ClN3O4/c1-6-29-19(27)16(11-12-23)24-18(26)17(13(2)3)25-20(28)21(4,5)14-7-9-15(22)10-8-14/h7-10,13,16-17H,6,11-12,23H2,1-5H3,(H,24,26)(H,25,28)/t16-,17+/m1/s1. The van der Waals surface area contributed by atoms with E-state index in [2.05, 4.69) is 10.6 Å². The van der Waals surface area contributed by atoms with Crippen LogP contribution >= 0.6 is 11.6 Å². The lowest BCUT2D eigenvalue weighted by atomic mass is 9.83. The molecule has 0 radical (unpaired) electrons. The van der Waals surface area contributed by atoms with E-state index in [0.29, 0.717) is 5.02 Å². The number of rotatable bonds is 10. The van der Waals surface area contributed by atoms with Gasteiger partial charge in [-0.15, -0.1) is 0 Å². The maximum absolute atomic E-state index is 13.0. The molecular weight excluding hydrogens is 394 g/mol. The first-order chi connectivity index (χ1) is 13.5. The zero-order chi connectivity index (χ0) is 22.2. The molecule has 4 N–H and O–H groups in total. The first-order valence-electron chi connectivity index (χ1n) is 9.78. The molecule has 1 aromatic rings. The van der Waals surface area contributed by atoms with Crippen molar-refractivity contribution in [3.63, 3.8) is 0 Å². The summed E-state index contributed by atoms with van der Waals surface area (Å²) in [4.78, 5) is 37.9. The van der Waals surface area contributed by atoms with Crippen molar-refractivity contribution in [1.29, 1.82) is 0 Å². The van der Waals surface area contributed by atoms with E-state index in [1.807, 2.05) is 13.8 Å². The summed E-state index contributed by atoms with van der Waals surface area (Å²) in [7, 11) is 0. The van der Waals surface area contributed by atoms with Gasteiger partial charge in [0.15, 0.2) is 0 Å². The van der Waals surface area contributed by atoms with Gasteiger partial charge in [-0.1, -0.05) is 37.6 Å². The van der Waals surface area contributed by atoms with Gasteiger partial charge in [-0.25, -0.2) is 4.79 Å². The molecule has 0 spiro atoms. The molecule has 0 aliphatic heterocycles. The van der Waals surface area contributed by atoms with Gasteiger partial charge in [0.2, 0.25) is 11.8 Å². The first kappa shape index (κ1) is 24.9. The van der Waals surface area contributed by atoms with E-state index in [-0.39, 0.29) is 31.4 Å². The molecule has 0 saturated carbocycles. The van der Waals surface area contributed by atoms with Crippen LogP contribution in [-0.4, -0.2) is 43.0 Å². The Morgan fingerprint density at radius 1 is 1.14 bits per heavy atom. The third-order valence-electron chi connectivity index (χ3n) is 4.71. The van der Waals surface area contributed by atoms with Crippen LogP contribution in [0.2, 0.25) is 5.02 Å². The van der Waals surface area contributed by atoms with Gasteiger partial charge in [-0.05, 0) is 57.4 Å². The van der Waals surface area contributed by atoms with E-state index in [1.54, 1.807) is 45.0 Å². The smallest absolute Gasteiger partial charge is 0.328 e. The lowest BCUT2D eigenvalue weighted by Crippen LogP contribution is -2.56. The van der Waals surface area contributed by atoms with Crippen LogP contribution in [0.5, 0.6) is 0 Å². The van der Waals surface area contributed by atoms with Gasteiger partial charge in [0.25, 0.3) is 0 Å². The predicted molar refractivity (Wildman–Crippen MR) is 113 cm³/mol. The van der Waals surface area contributed by atoms with E-state index < -0.39 is 29.4 Å². The molecule has 0 aromatic heterocycles. The molecule has 162 valence electrons. The number of halogens is 1. The lowest BCUT2D eigenvalue weighted by Gasteiger charge is -2.30. The van der Waals surface area contributed by atoms with E-state index in [1.165, 1.54) is 0 Å². The summed E-state index contributed by atoms with van der Waals surface area (Å²) in [6.45, 7) is 9.30. The van der Waals surface area contributed by atoms with Crippen molar-refractivity contribution < 1.29 is 19.1 Å². The normalized spacial score (nSPS) is 13.5. The predicted octanol–water partition coefficient (Wildman–Crippen LogP) is 2.16. The minimum atomic E-state index is -0.879. The molecule has 0 unspecified atom stereocenters. The fourth-order valence-electron chi connectivity index (χ4n) is 2.77. The number of amides is 2. The molecule has 2 amide bonds. The highest BCUT2D eigenvalue weighted by Crippen LogP contribution is 2.25. The second-order valence-electron chi connectivity index (χ2n) is 7.72. The SMILES string of the molecule is CCOC(=O)[C@@H](CCN)NC(=O)[C@@H](NC(=O)C(C)(C)c1ccc(Cl)cc1)C(C)C. The maximum Gasteiger partial charge on any atom is 0.328 e. The van der Waals surface area contributed by atoms with Gasteiger partial charge >= 0.3 is 5.97 Å². The number of hydrogen-bond acceptors (Lipinski definition) is 5. The summed E-state index contributed by atoms with van der Waals surface area (Å²) in [5.74, 6) is -1.49. The summed E-state index contributed by atoms with van der Waals surface area (Å²) in [5, 5.41) is 6.06. The molecule has 0 fully saturated rings. The van der Waals surface area contributed by atoms with Crippen LogP contribution in [0.25, 0.3) is 0 Å². The zero-order valence-corrected chi connectivity index (χ0v) is 18.5. The minimum Gasteiger partial charge on any atom is -0.464 e. The van der Waals surface area contributed by atoms with E-state index in [4.69, 9.17) is 22.1 Å². The van der Waals surface area contributed by atoms with Crippen molar-refractivity contribution in [2.75, 3.05) is 13.2 Å². The Balaban J connectivity index is 2.95. The third-order valence-corrected chi connectivity index (χ3v) is 4.96. The molecule has 0 heterocycles. The second kappa shape index (κ2) is 11.2. The molecule has 7 nitrogen and oxygen atoms in total. The second-order valence-corrected chi connectivity index (χ2v) is 8.15. The average Bonchev–Trinajstić information content (AvgIpc) is 2.65. The number of nitrogens with two attached hydrogens (primary N) is 1. The fourth-order valence-corrected chi connectivity index (χ4v) is 2.90. The summed E-state index contributed by atoms with van der Waals surface area (Å²) in [6, 6.07) is 5.33. The molecule has 0 aliphatic rings. The minimum absolute atomic E-state index is 0.194. The van der Waals surface area contributed by atoms with Crippen LogP contribution in [0.1, 0.15) is 46.6 Å². The fraction of sp³-hybridized carbons (Fsp3) is 0.571. The molecule has 2 atom stereocenters. The van der Waals surface area contributed by atoms with Crippen molar-refractivity contribution in [3.05, 3.63) is 34.9 Å². The van der Waals surface area contributed by atoms with Crippen molar-refractivity contribution in [3.8, 4) is 0 Å². The Morgan fingerprint density at radius 3 is 2.21 bits per heavy atom. The number of benzene rings is 1. The number of nitrogens with one attached hydrogen (secondary N) is 2. The monoisotopic (exact) mass is 425 g/mol. The van der Waals surface area contributed by atoms with Gasteiger partial charge in [0, 0.05) is 5.02 Å². The Hall–Kier alpha value is -2.12. The van der Waals surface area contributed by atoms with Gasteiger partial charge in [-0.2, -0.15) is 0 Å². The van der Waals surface area contributed by atoms with Gasteiger partial charge < -0.3 is 21.1 Å². The van der Waals surface area contributed by atoms with Gasteiger partial charge in [0.05, 0.1) is 12.0 Å². The highest BCUT2D eigenvalue weighted by molar-refractivity contribution is 6.30. The van der Waals surface area contributed by atoms with Crippen molar-refractivity contribution in [1.82, 2.24) is 10.6 Å². The van der Waals surface area contributed by atoms with Crippen LogP contribution < -0.4 is 16.4 Å². The first-order valence-corrected chi connectivity index (χ1v) is 10.2. The van der Waals surface area contributed by atoms with E-state index in [9.17, 15) is 14.4 Å². The zero-order valence-electron chi connectivity index (χ0n) is 17.8. The molecule has 29 heavy (non-hydrogen) atoms. The van der Waals surface area contributed by atoms with Crippen LogP contribution in [0, 0.1) is 5.92 Å². The van der Waals surface area contributed by atoms with Crippen molar-refractivity contribution in [2.24, 2.45) is 11.7 Å². The topological polar surface area (TPSA) is 111 Å². The molecule has 8 heteroatoms. The summed E-state index contributed by atoms with van der Waals surface area (Å²) in [5.41, 5.74) is 5.44. The van der Waals surface area contributed by atoms with E-state index >= 15 is 0 Å². The Morgan fingerprint density at radius 2 is 1.72 bits per heavy atom. The molecule has 0 saturated heterocycles. The Bertz CT molecular complexity index is 704. The van der Waals surface area contributed by atoms with Crippen molar-refractivity contribution >= 4 is 29.4 Å². The third kappa shape index (κ3) is 7.01. The maximum atomic E-state index is 13.0. The number of carbonyl (C=O) groups excluding carboxylic acids is 3. The largest absolute Gasteiger partial charge is 0.464 e. The number of hydrogen-bond donors (Lipinski definition) is 3. The number of carbonyl (C=O) groups is 3. The van der Waals surface area contributed by atoms with Crippen LogP contribution in [0.4, 0.5) is 0 Å². The number of esters is 1. The van der Waals surface area contributed by atoms with Crippen LogP contribution in [-0.2, 0) is 24.5 Å². The average molecular weight is 426 g/mol. The lowest BCUT2D eigenvalue weighted by molar-refractivity contribution is -0.148. The van der Waals surface area contributed by atoms with Crippen molar-refractivity contribution in [2.45, 2.75) is 58.5 Å². The van der Waals surface area contributed by atoms with E-state index in [0.717, 1.165) is 5.56 Å². The molecule has 1 rings (SSSR count). The molecule has 0 bridgehead atoms. The quantitative estimate of drug-likeness (QED) is 0.497. The van der Waals surface area contributed by atoms with Gasteiger partial charge in [-0.3, -0.25) is 9.59 Å². The highest BCUT2D eigenvalue weighted by atomic mass is 35.5. The highest BCUT2D eigenvalue weighted by Gasteiger charge is 2.35. The summed E-state index contributed by atoms with van der Waals surface area (Å²) < 4.78 is 4.99. The number of ether oxygens (including phenoxy) is 1. The van der Waals surface area contributed by atoms with Crippen LogP contribution in [0.15, 0.2) is 24.3 Å². The molecule has 1 aromatic carbocycles. The Labute approximate surface area is 177 Å². The molecule has 0 aliphatic carbocycles.